The van der Waals surface area contributed by atoms with Crippen LogP contribution in [0.15, 0.2) is 53.0 Å². The van der Waals surface area contributed by atoms with Gasteiger partial charge in [0.05, 0.1) is 11.6 Å². The third kappa shape index (κ3) is 3.62. The van der Waals surface area contributed by atoms with Gasteiger partial charge in [-0.05, 0) is 53.0 Å². The third-order valence-electron chi connectivity index (χ3n) is 3.48. The molecule has 0 aliphatic carbocycles. The summed E-state index contributed by atoms with van der Waals surface area (Å²) in [5.41, 5.74) is 2.53. The summed E-state index contributed by atoms with van der Waals surface area (Å²) >= 11 is 3.53. The molecule has 0 fully saturated rings. The number of hydrogen-bond donors (Lipinski definition) is 1. The molecule has 0 amide bonds. The Labute approximate surface area is 129 Å². The second-order valence-electron chi connectivity index (χ2n) is 4.91. The van der Waals surface area contributed by atoms with E-state index >= 15 is 0 Å². The first-order valence-corrected chi connectivity index (χ1v) is 7.55. The van der Waals surface area contributed by atoms with Crippen molar-refractivity contribution in [1.82, 2.24) is 5.32 Å². The first-order valence-electron chi connectivity index (χ1n) is 6.76. The van der Waals surface area contributed by atoms with E-state index in [9.17, 15) is 0 Å². The van der Waals surface area contributed by atoms with Gasteiger partial charge in [-0.3, -0.25) is 0 Å². The Kier molecular flexibility index (Phi) is 5.21. The highest BCUT2D eigenvalue weighted by Crippen LogP contribution is 2.28. The summed E-state index contributed by atoms with van der Waals surface area (Å²) in [4.78, 5) is 0. The lowest BCUT2D eigenvalue weighted by Crippen LogP contribution is -2.22. The molecule has 1 unspecified atom stereocenters. The molecule has 2 rings (SSSR count). The molecule has 2 nitrogen and oxygen atoms in total. The van der Waals surface area contributed by atoms with Crippen LogP contribution in [0.25, 0.3) is 0 Å². The summed E-state index contributed by atoms with van der Waals surface area (Å²) in [5.74, 6) is 0.858. The minimum Gasteiger partial charge on any atom is -0.496 e. The van der Waals surface area contributed by atoms with Crippen molar-refractivity contribution in [3.63, 3.8) is 0 Å². The van der Waals surface area contributed by atoms with Gasteiger partial charge in [-0.15, -0.1) is 0 Å². The van der Waals surface area contributed by atoms with Crippen LogP contribution in [0.3, 0.4) is 0 Å². The Morgan fingerprint density at radius 3 is 2.20 bits per heavy atom. The number of ether oxygens (including phenoxy) is 1. The molecule has 2 aromatic carbocycles. The highest BCUT2D eigenvalue weighted by molar-refractivity contribution is 9.10. The molecule has 106 valence electrons. The lowest BCUT2D eigenvalue weighted by atomic mass is 10.0. The number of nitrogens with one attached hydrogen (secondary N) is 1. The zero-order valence-electron chi connectivity index (χ0n) is 12.1. The van der Waals surface area contributed by atoms with Gasteiger partial charge in [0.1, 0.15) is 5.75 Å². The molecular weight excluding hydrogens is 314 g/mol. The zero-order valence-corrected chi connectivity index (χ0v) is 13.6. The molecule has 2 aromatic rings. The van der Waals surface area contributed by atoms with Crippen LogP contribution >= 0.6 is 15.9 Å². The second kappa shape index (κ2) is 6.91. The normalized spacial score (nSPS) is 13.8. The van der Waals surface area contributed by atoms with Crippen LogP contribution in [0, 0.1) is 0 Å². The first kappa shape index (κ1) is 15.1. The van der Waals surface area contributed by atoms with Crippen molar-refractivity contribution in [1.29, 1.82) is 0 Å². The van der Waals surface area contributed by atoms with Gasteiger partial charge >= 0.3 is 0 Å². The van der Waals surface area contributed by atoms with Crippen molar-refractivity contribution in [2.24, 2.45) is 0 Å². The van der Waals surface area contributed by atoms with Crippen LogP contribution in [0.4, 0.5) is 0 Å². The summed E-state index contributed by atoms with van der Waals surface area (Å²) in [6.07, 6.45) is 0. The van der Waals surface area contributed by atoms with Crippen molar-refractivity contribution >= 4 is 15.9 Å². The molecule has 0 aliphatic heterocycles. The van der Waals surface area contributed by atoms with Crippen LogP contribution in [0.1, 0.15) is 37.1 Å². The standard InChI is InChI=1S/C17H20BrNO/c1-12(14-7-5-4-6-8-14)19-13(2)15-9-10-17(20-3)16(18)11-15/h4-13,19H,1-3H3/t12-,13?/m0/s1. The fourth-order valence-electron chi connectivity index (χ4n) is 2.26. The number of rotatable bonds is 5. The Morgan fingerprint density at radius 2 is 1.60 bits per heavy atom. The minimum atomic E-state index is 0.271. The van der Waals surface area contributed by atoms with E-state index in [2.05, 4.69) is 71.5 Å². The van der Waals surface area contributed by atoms with Gasteiger partial charge in [-0.1, -0.05) is 36.4 Å². The van der Waals surface area contributed by atoms with Gasteiger partial charge in [0, 0.05) is 12.1 Å². The molecule has 0 bridgehead atoms. The molecule has 3 heteroatoms. The SMILES string of the molecule is COc1ccc(C(C)N[C@@H](C)c2ccccc2)cc1Br. The number of benzene rings is 2. The Hall–Kier alpha value is -1.32. The first-order chi connectivity index (χ1) is 9.61. The summed E-state index contributed by atoms with van der Waals surface area (Å²) < 4.78 is 6.25. The third-order valence-corrected chi connectivity index (χ3v) is 4.10. The van der Waals surface area contributed by atoms with E-state index in [0.29, 0.717) is 6.04 Å². The maximum absolute atomic E-state index is 5.26. The van der Waals surface area contributed by atoms with Crippen molar-refractivity contribution in [3.8, 4) is 5.75 Å². The molecule has 1 N–H and O–H groups in total. The van der Waals surface area contributed by atoms with Crippen LogP contribution in [-0.4, -0.2) is 7.11 Å². The van der Waals surface area contributed by atoms with Gasteiger partial charge in [-0.2, -0.15) is 0 Å². The van der Waals surface area contributed by atoms with Crippen LogP contribution in [-0.2, 0) is 0 Å². The summed E-state index contributed by atoms with van der Waals surface area (Å²) in [6.45, 7) is 4.36. The minimum absolute atomic E-state index is 0.271. The molecule has 0 spiro atoms. The van der Waals surface area contributed by atoms with E-state index in [1.165, 1.54) is 11.1 Å². The van der Waals surface area contributed by atoms with E-state index < -0.39 is 0 Å². The van der Waals surface area contributed by atoms with Crippen LogP contribution in [0.2, 0.25) is 0 Å². The highest BCUT2D eigenvalue weighted by atomic mass is 79.9. The monoisotopic (exact) mass is 333 g/mol. The van der Waals surface area contributed by atoms with E-state index in [4.69, 9.17) is 4.74 Å². The predicted molar refractivity (Wildman–Crippen MR) is 87.1 cm³/mol. The number of halogens is 1. The average Bonchev–Trinajstić information content (AvgIpc) is 2.48. The molecule has 0 aromatic heterocycles. The van der Waals surface area contributed by atoms with Gasteiger partial charge in [0.25, 0.3) is 0 Å². The highest BCUT2D eigenvalue weighted by Gasteiger charge is 2.12. The van der Waals surface area contributed by atoms with E-state index in [0.717, 1.165) is 10.2 Å². The summed E-state index contributed by atoms with van der Waals surface area (Å²) in [7, 11) is 1.68. The number of hydrogen-bond acceptors (Lipinski definition) is 2. The lowest BCUT2D eigenvalue weighted by Gasteiger charge is -2.21. The Bertz CT molecular complexity index is 556. The average molecular weight is 334 g/mol. The van der Waals surface area contributed by atoms with Gasteiger partial charge in [0.15, 0.2) is 0 Å². The fraction of sp³-hybridized carbons (Fsp3) is 0.294. The molecular formula is C17H20BrNO. The predicted octanol–water partition coefficient (Wildman–Crippen LogP) is 4.87. The molecule has 0 saturated carbocycles. The van der Waals surface area contributed by atoms with Gasteiger partial charge in [0.2, 0.25) is 0 Å². The Morgan fingerprint density at radius 1 is 0.950 bits per heavy atom. The molecule has 20 heavy (non-hydrogen) atoms. The Balaban J connectivity index is 2.08. The second-order valence-corrected chi connectivity index (χ2v) is 5.77. The van der Waals surface area contributed by atoms with E-state index in [-0.39, 0.29) is 6.04 Å². The topological polar surface area (TPSA) is 21.3 Å². The lowest BCUT2D eigenvalue weighted by molar-refractivity contribution is 0.411. The van der Waals surface area contributed by atoms with Crippen LogP contribution < -0.4 is 10.1 Å². The fourth-order valence-corrected chi connectivity index (χ4v) is 2.82. The smallest absolute Gasteiger partial charge is 0.133 e. The van der Waals surface area contributed by atoms with Crippen molar-refractivity contribution < 1.29 is 4.74 Å². The van der Waals surface area contributed by atoms with E-state index in [1.807, 2.05) is 12.1 Å². The molecule has 0 heterocycles. The molecule has 0 aliphatic rings. The van der Waals surface area contributed by atoms with Gasteiger partial charge < -0.3 is 10.1 Å². The molecule has 0 saturated heterocycles. The number of methoxy groups -OCH3 is 1. The molecule has 0 radical (unpaired) electrons. The zero-order chi connectivity index (χ0) is 14.5. The van der Waals surface area contributed by atoms with Crippen molar-refractivity contribution in [2.75, 3.05) is 7.11 Å². The van der Waals surface area contributed by atoms with Crippen molar-refractivity contribution in [3.05, 3.63) is 64.1 Å². The summed E-state index contributed by atoms with van der Waals surface area (Å²) in [5, 5.41) is 3.62. The van der Waals surface area contributed by atoms with Crippen LogP contribution in [0.5, 0.6) is 5.75 Å². The quantitative estimate of drug-likeness (QED) is 0.842. The largest absolute Gasteiger partial charge is 0.496 e. The van der Waals surface area contributed by atoms with E-state index in [1.54, 1.807) is 7.11 Å². The maximum atomic E-state index is 5.26. The van der Waals surface area contributed by atoms with Crippen molar-refractivity contribution in [2.45, 2.75) is 25.9 Å². The van der Waals surface area contributed by atoms with Gasteiger partial charge in [-0.25, -0.2) is 0 Å². The maximum Gasteiger partial charge on any atom is 0.133 e. The summed E-state index contributed by atoms with van der Waals surface area (Å²) in [6, 6.07) is 17.3. The molecule has 2 atom stereocenters.